The summed E-state index contributed by atoms with van der Waals surface area (Å²) >= 11 is 0. The van der Waals surface area contributed by atoms with Gasteiger partial charge in [0.1, 0.15) is 0 Å². The van der Waals surface area contributed by atoms with Crippen molar-refractivity contribution in [1.82, 2.24) is 10.6 Å². The van der Waals surface area contributed by atoms with E-state index in [0.717, 1.165) is 23.7 Å². The number of rotatable bonds is 8. The minimum absolute atomic E-state index is 0. The SMILES string of the molecule is C1CCC(CNCC2CCC(CNCC3CCCC3)CC2)C1.Cl.Cl. The molecule has 0 atom stereocenters. The Morgan fingerprint density at radius 2 is 0.667 bits per heavy atom. The van der Waals surface area contributed by atoms with Crippen LogP contribution in [-0.4, -0.2) is 26.2 Å². The quantitative estimate of drug-likeness (QED) is 0.606. The molecule has 3 aliphatic carbocycles. The minimum atomic E-state index is 0. The van der Waals surface area contributed by atoms with Crippen molar-refractivity contribution < 1.29 is 0 Å². The van der Waals surface area contributed by atoms with Crippen LogP contribution in [0.25, 0.3) is 0 Å². The summed E-state index contributed by atoms with van der Waals surface area (Å²) in [4.78, 5) is 0. The molecule has 3 saturated carbocycles. The molecule has 0 aliphatic heterocycles. The van der Waals surface area contributed by atoms with Crippen LogP contribution in [0.15, 0.2) is 0 Å². The van der Waals surface area contributed by atoms with Gasteiger partial charge in [-0.2, -0.15) is 0 Å². The molecule has 3 rings (SSSR count). The lowest BCUT2D eigenvalue weighted by molar-refractivity contribution is 0.255. The summed E-state index contributed by atoms with van der Waals surface area (Å²) < 4.78 is 0. The Bertz CT molecular complexity index is 264. The smallest absolute Gasteiger partial charge is 0.00204 e. The second kappa shape index (κ2) is 12.8. The first-order valence-corrected chi connectivity index (χ1v) is 10.3. The molecule has 0 aromatic carbocycles. The van der Waals surface area contributed by atoms with Gasteiger partial charge >= 0.3 is 0 Å². The highest BCUT2D eigenvalue weighted by atomic mass is 35.5. The molecule has 2 N–H and O–H groups in total. The Morgan fingerprint density at radius 1 is 0.417 bits per heavy atom. The summed E-state index contributed by atoms with van der Waals surface area (Å²) in [6.45, 7) is 5.17. The zero-order valence-corrected chi connectivity index (χ0v) is 17.1. The zero-order chi connectivity index (χ0) is 15.0. The number of halogens is 2. The molecule has 0 spiro atoms. The third kappa shape index (κ3) is 7.81. The molecule has 2 nitrogen and oxygen atoms in total. The van der Waals surface area contributed by atoms with Crippen molar-refractivity contribution >= 4 is 24.8 Å². The Hall–Kier alpha value is 0.500. The van der Waals surface area contributed by atoms with E-state index in [9.17, 15) is 0 Å². The number of nitrogens with one attached hydrogen (secondary N) is 2. The highest BCUT2D eigenvalue weighted by Gasteiger charge is 2.22. The van der Waals surface area contributed by atoms with Gasteiger partial charge in [0.2, 0.25) is 0 Å². The maximum Gasteiger partial charge on any atom is -0.00204 e. The van der Waals surface area contributed by atoms with E-state index in [1.54, 1.807) is 0 Å². The van der Waals surface area contributed by atoms with Gasteiger partial charge in [0.25, 0.3) is 0 Å². The number of hydrogen-bond donors (Lipinski definition) is 2. The largest absolute Gasteiger partial charge is 0.316 e. The van der Waals surface area contributed by atoms with Crippen molar-refractivity contribution in [3.05, 3.63) is 0 Å². The maximum absolute atomic E-state index is 3.78. The van der Waals surface area contributed by atoms with Crippen molar-refractivity contribution in [3.8, 4) is 0 Å². The average Bonchev–Trinajstić information content (AvgIpc) is 3.22. The summed E-state index contributed by atoms with van der Waals surface area (Å²) in [6.07, 6.45) is 17.7. The first-order chi connectivity index (χ1) is 10.9. The fraction of sp³-hybridized carbons (Fsp3) is 1.00. The molecule has 3 aliphatic rings. The summed E-state index contributed by atoms with van der Waals surface area (Å²) in [5.74, 6) is 3.92. The van der Waals surface area contributed by atoms with E-state index in [-0.39, 0.29) is 24.8 Å². The maximum atomic E-state index is 3.78. The third-order valence-electron chi connectivity index (χ3n) is 6.65. The van der Waals surface area contributed by atoms with Crippen molar-refractivity contribution in [2.24, 2.45) is 23.7 Å². The molecule has 0 unspecified atom stereocenters. The molecule has 0 saturated heterocycles. The third-order valence-corrected chi connectivity index (χ3v) is 6.65. The Kier molecular flexibility index (Phi) is 12.0. The summed E-state index contributed by atoms with van der Waals surface area (Å²) in [5, 5.41) is 7.55. The van der Waals surface area contributed by atoms with E-state index in [1.807, 2.05) is 0 Å². The molecule has 0 amide bonds. The van der Waals surface area contributed by atoms with Crippen LogP contribution in [0.3, 0.4) is 0 Å². The Balaban J connectivity index is 0.00000144. The topological polar surface area (TPSA) is 24.1 Å². The molecule has 4 heteroatoms. The van der Waals surface area contributed by atoms with Crippen LogP contribution in [0.1, 0.15) is 77.0 Å². The Morgan fingerprint density at radius 3 is 0.958 bits per heavy atom. The van der Waals surface area contributed by atoms with Gasteiger partial charge in [-0.1, -0.05) is 25.7 Å². The van der Waals surface area contributed by atoms with Gasteiger partial charge in [0.05, 0.1) is 0 Å². The average molecular weight is 379 g/mol. The van der Waals surface area contributed by atoms with Gasteiger partial charge in [0.15, 0.2) is 0 Å². The molecule has 0 bridgehead atoms. The monoisotopic (exact) mass is 378 g/mol. The Labute approximate surface area is 162 Å². The molecule has 3 fully saturated rings. The lowest BCUT2D eigenvalue weighted by Crippen LogP contribution is -2.33. The predicted octanol–water partition coefficient (Wildman–Crippen LogP) is 5.20. The van der Waals surface area contributed by atoms with E-state index in [2.05, 4.69) is 10.6 Å². The van der Waals surface area contributed by atoms with Crippen LogP contribution in [0.2, 0.25) is 0 Å². The van der Waals surface area contributed by atoms with Crippen molar-refractivity contribution in [2.75, 3.05) is 26.2 Å². The van der Waals surface area contributed by atoms with Gasteiger partial charge in [-0.15, -0.1) is 24.8 Å². The second-order valence-electron chi connectivity index (χ2n) is 8.50. The van der Waals surface area contributed by atoms with E-state index in [1.165, 1.54) is 103 Å². The van der Waals surface area contributed by atoms with E-state index >= 15 is 0 Å². The zero-order valence-electron chi connectivity index (χ0n) is 15.4. The second-order valence-corrected chi connectivity index (χ2v) is 8.50. The fourth-order valence-electron chi connectivity index (χ4n) is 5.05. The molecule has 0 radical (unpaired) electrons. The van der Waals surface area contributed by atoms with Crippen LogP contribution >= 0.6 is 24.8 Å². The van der Waals surface area contributed by atoms with E-state index in [4.69, 9.17) is 0 Å². The van der Waals surface area contributed by atoms with Gasteiger partial charge in [-0.05, 0) is 101 Å². The van der Waals surface area contributed by atoms with Crippen molar-refractivity contribution in [1.29, 1.82) is 0 Å². The lowest BCUT2D eigenvalue weighted by atomic mass is 9.82. The summed E-state index contributed by atoms with van der Waals surface area (Å²) in [7, 11) is 0. The van der Waals surface area contributed by atoms with Crippen LogP contribution in [0, 0.1) is 23.7 Å². The van der Waals surface area contributed by atoms with E-state index < -0.39 is 0 Å². The number of hydrogen-bond acceptors (Lipinski definition) is 2. The van der Waals surface area contributed by atoms with Crippen LogP contribution in [-0.2, 0) is 0 Å². The van der Waals surface area contributed by atoms with Crippen LogP contribution in [0.4, 0.5) is 0 Å². The first kappa shape index (κ1) is 22.5. The molecular formula is C20H40Cl2N2. The molecule has 144 valence electrons. The van der Waals surface area contributed by atoms with Crippen LogP contribution in [0.5, 0.6) is 0 Å². The van der Waals surface area contributed by atoms with Gasteiger partial charge in [0, 0.05) is 0 Å². The summed E-state index contributed by atoms with van der Waals surface area (Å²) in [5.41, 5.74) is 0. The van der Waals surface area contributed by atoms with Gasteiger partial charge < -0.3 is 10.6 Å². The predicted molar refractivity (Wildman–Crippen MR) is 110 cm³/mol. The standard InChI is InChI=1S/C20H38N2.2ClH/c1-2-6-17(5-1)13-21-15-19-9-11-20(12-10-19)16-22-14-18-7-3-4-8-18;;/h17-22H,1-16H2;2*1H. The van der Waals surface area contributed by atoms with Gasteiger partial charge in [-0.3, -0.25) is 0 Å². The molecule has 0 heterocycles. The molecular weight excluding hydrogens is 339 g/mol. The summed E-state index contributed by atoms with van der Waals surface area (Å²) in [6, 6.07) is 0. The molecule has 0 aromatic rings. The van der Waals surface area contributed by atoms with Gasteiger partial charge in [-0.25, -0.2) is 0 Å². The highest BCUT2D eigenvalue weighted by Crippen LogP contribution is 2.29. The lowest BCUT2D eigenvalue weighted by Gasteiger charge is -2.29. The molecule has 24 heavy (non-hydrogen) atoms. The van der Waals surface area contributed by atoms with E-state index in [0.29, 0.717) is 0 Å². The molecule has 0 aromatic heterocycles. The first-order valence-electron chi connectivity index (χ1n) is 10.3. The normalized spacial score (nSPS) is 28.5. The van der Waals surface area contributed by atoms with Crippen molar-refractivity contribution in [2.45, 2.75) is 77.0 Å². The van der Waals surface area contributed by atoms with Crippen LogP contribution < -0.4 is 10.6 Å². The minimum Gasteiger partial charge on any atom is -0.316 e. The highest BCUT2D eigenvalue weighted by molar-refractivity contribution is 5.85. The fourth-order valence-corrected chi connectivity index (χ4v) is 5.05. The van der Waals surface area contributed by atoms with Crippen molar-refractivity contribution in [3.63, 3.8) is 0 Å².